The summed E-state index contributed by atoms with van der Waals surface area (Å²) < 4.78 is 7.83. The first kappa shape index (κ1) is 16.0. The molecular weight excluding hydrogens is 308 g/mol. The van der Waals surface area contributed by atoms with E-state index in [1.807, 2.05) is 9.47 Å². The minimum atomic E-state index is -0.359. The van der Waals surface area contributed by atoms with Gasteiger partial charge in [-0.05, 0) is 38.5 Å². The normalized spacial score (nSPS) is 33.0. The summed E-state index contributed by atoms with van der Waals surface area (Å²) in [7, 11) is 1.72. The van der Waals surface area contributed by atoms with E-state index >= 15 is 0 Å². The standard InChI is InChI=1S/C17H26N4O3/c1-24-17-7-6-12(22)11-13(17)20(10-8-17)16(23)15-19-18-14-5-3-2-4-9-21(14)15/h12-13,22H,2-11H2,1H3/t12-,13+,17-/m1/s1. The molecule has 1 aliphatic carbocycles. The van der Waals surface area contributed by atoms with E-state index in [4.69, 9.17) is 4.74 Å². The van der Waals surface area contributed by atoms with Crippen molar-refractivity contribution < 1.29 is 14.6 Å². The van der Waals surface area contributed by atoms with Gasteiger partial charge in [0.15, 0.2) is 0 Å². The Hall–Kier alpha value is -1.47. The molecule has 0 aromatic carbocycles. The maximum Gasteiger partial charge on any atom is 0.292 e. The molecule has 0 radical (unpaired) electrons. The number of aromatic nitrogens is 3. The molecule has 3 aliphatic rings. The zero-order valence-corrected chi connectivity index (χ0v) is 14.3. The van der Waals surface area contributed by atoms with Crippen molar-refractivity contribution in [1.29, 1.82) is 0 Å². The quantitative estimate of drug-likeness (QED) is 0.877. The van der Waals surface area contributed by atoms with Crippen LogP contribution in [-0.4, -0.2) is 62.1 Å². The fourth-order valence-corrected chi connectivity index (χ4v) is 4.69. The van der Waals surface area contributed by atoms with Gasteiger partial charge < -0.3 is 19.3 Å². The largest absolute Gasteiger partial charge is 0.393 e. The molecule has 4 rings (SSSR count). The third-order valence-electron chi connectivity index (χ3n) is 6.12. The maximum absolute atomic E-state index is 13.2. The molecule has 3 atom stereocenters. The van der Waals surface area contributed by atoms with E-state index in [1.54, 1.807) is 7.11 Å². The number of aliphatic hydroxyl groups is 1. The van der Waals surface area contributed by atoms with Crippen LogP contribution in [0.2, 0.25) is 0 Å². The Balaban J connectivity index is 1.62. The van der Waals surface area contributed by atoms with Gasteiger partial charge in [-0.25, -0.2) is 0 Å². The second-order valence-electron chi connectivity index (χ2n) is 7.36. The number of aryl methyl sites for hydroxylation is 1. The predicted molar refractivity (Wildman–Crippen MR) is 86.6 cm³/mol. The van der Waals surface area contributed by atoms with Crippen molar-refractivity contribution in [1.82, 2.24) is 19.7 Å². The summed E-state index contributed by atoms with van der Waals surface area (Å²) in [5, 5.41) is 18.6. The molecule has 7 nitrogen and oxygen atoms in total. The number of rotatable bonds is 2. The van der Waals surface area contributed by atoms with Crippen LogP contribution in [0.15, 0.2) is 0 Å². The number of hydrogen-bond acceptors (Lipinski definition) is 5. The summed E-state index contributed by atoms with van der Waals surface area (Å²) in [6, 6.07) is -0.0718. The van der Waals surface area contributed by atoms with E-state index in [1.165, 1.54) is 6.42 Å². The molecule has 0 spiro atoms. The number of ether oxygens (including phenoxy) is 1. The fraction of sp³-hybridized carbons (Fsp3) is 0.824. The van der Waals surface area contributed by atoms with E-state index < -0.39 is 0 Å². The van der Waals surface area contributed by atoms with Crippen LogP contribution in [0.25, 0.3) is 0 Å². The average molecular weight is 334 g/mol. The predicted octanol–water partition coefficient (Wildman–Crippen LogP) is 1.15. The Bertz CT molecular complexity index is 631. The lowest BCUT2D eigenvalue weighted by atomic mass is 9.79. The Labute approximate surface area is 142 Å². The number of amides is 1. The number of nitrogens with zero attached hydrogens (tertiary/aromatic N) is 4. The highest BCUT2D eigenvalue weighted by Gasteiger charge is 2.53. The van der Waals surface area contributed by atoms with E-state index in [9.17, 15) is 9.90 Å². The van der Waals surface area contributed by atoms with E-state index in [2.05, 4.69) is 10.2 Å². The SMILES string of the molecule is CO[C@@]12CC[C@@H](O)C[C@@H]1N(C(=O)c1nnc3n1CCCCC3)CC2. The first-order chi connectivity index (χ1) is 11.6. The molecule has 1 amide bonds. The Kier molecular flexibility index (Phi) is 4.08. The van der Waals surface area contributed by atoms with E-state index in [0.29, 0.717) is 18.8 Å². The van der Waals surface area contributed by atoms with Crippen LogP contribution in [0.1, 0.15) is 61.4 Å². The first-order valence-electron chi connectivity index (χ1n) is 9.11. The molecule has 24 heavy (non-hydrogen) atoms. The van der Waals surface area contributed by atoms with Crippen molar-refractivity contribution in [2.75, 3.05) is 13.7 Å². The van der Waals surface area contributed by atoms with Gasteiger partial charge in [-0.3, -0.25) is 4.79 Å². The van der Waals surface area contributed by atoms with E-state index in [-0.39, 0.29) is 23.7 Å². The smallest absolute Gasteiger partial charge is 0.292 e. The molecule has 0 bridgehead atoms. The molecule has 1 aromatic heterocycles. The number of aliphatic hydroxyl groups excluding tert-OH is 1. The number of carbonyl (C=O) groups excluding carboxylic acids is 1. The van der Waals surface area contributed by atoms with Gasteiger partial charge in [0, 0.05) is 26.6 Å². The lowest BCUT2D eigenvalue weighted by molar-refractivity contribution is -0.0825. The highest BCUT2D eigenvalue weighted by Crippen LogP contribution is 2.42. The van der Waals surface area contributed by atoms with Gasteiger partial charge >= 0.3 is 0 Å². The molecule has 1 aromatic rings. The summed E-state index contributed by atoms with van der Waals surface area (Å²) in [6.45, 7) is 1.48. The molecule has 1 saturated carbocycles. The topological polar surface area (TPSA) is 80.5 Å². The second kappa shape index (κ2) is 6.11. The third-order valence-corrected chi connectivity index (χ3v) is 6.12. The molecule has 3 heterocycles. The van der Waals surface area contributed by atoms with Crippen molar-refractivity contribution >= 4 is 5.91 Å². The van der Waals surface area contributed by atoms with Crippen molar-refractivity contribution in [2.24, 2.45) is 0 Å². The molecular formula is C17H26N4O3. The highest BCUT2D eigenvalue weighted by atomic mass is 16.5. The Morgan fingerprint density at radius 1 is 1.25 bits per heavy atom. The number of likely N-dealkylation sites (tertiary alicyclic amines) is 1. The van der Waals surface area contributed by atoms with Crippen molar-refractivity contribution in [3.63, 3.8) is 0 Å². The molecule has 132 valence electrons. The Morgan fingerprint density at radius 3 is 2.96 bits per heavy atom. The van der Waals surface area contributed by atoms with Crippen molar-refractivity contribution in [3.05, 3.63) is 11.6 Å². The minimum absolute atomic E-state index is 0.0614. The van der Waals surface area contributed by atoms with Crippen LogP contribution in [0.3, 0.4) is 0 Å². The summed E-state index contributed by atoms with van der Waals surface area (Å²) in [5.74, 6) is 1.32. The van der Waals surface area contributed by atoms with Crippen LogP contribution < -0.4 is 0 Å². The van der Waals surface area contributed by atoms with Crippen LogP contribution >= 0.6 is 0 Å². The van der Waals surface area contributed by atoms with Crippen LogP contribution in [-0.2, 0) is 17.7 Å². The zero-order valence-electron chi connectivity index (χ0n) is 14.3. The monoisotopic (exact) mass is 334 g/mol. The summed E-state index contributed by atoms with van der Waals surface area (Å²) >= 11 is 0. The van der Waals surface area contributed by atoms with Crippen LogP contribution in [0, 0.1) is 0 Å². The number of carbonyl (C=O) groups is 1. The van der Waals surface area contributed by atoms with Gasteiger partial charge in [0.2, 0.25) is 5.82 Å². The molecule has 1 saturated heterocycles. The number of hydrogen-bond donors (Lipinski definition) is 1. The first-order valence-corrected chi connectivity index (χ1v) is 9.11. The fourth-order valence-electron chi connectivity index (χ4n) is 4.69. The molecule has 2 fully saturated rings. The van der Waals surface area contributed by atoms with Gasteiger partial charge in [0.25, 0.3) is 5.91 Å². The van der Waals surface area contributed by atoms with Crippen LogP contribution in [0.5, 0.6) is 0 Å². The highest BCUT2D eigenvalue weighted by molar-refractivity contribution is 5.91. The Morgan fingerprint density at radius 2 is 2.12 bits per heavy atom. The van der Waals surface area contributed by atoms with Gasteiger partial charge in [0.1, 0.15) is 5.82 Å². The summed E-state index contributed by atoms with van der Waals surface area (Å²) in [5.41, 5.74) is -0.309. The molecule has 7 heteroatoms. The van der Waals surface area contributed by atoms with Gasteiger partial charge in [-0.2, -0.15) is 0 Å². The van der Waals surface area contributed by atoms with Gasteiger partial charge in [-0.15, -0.1) is 10.2 Å². The van der Waals surface area contributed by atoms with Crippen molar-refractivity contribution in [2.45, 2.75) is 75.7 Å². The molecule has 1 N–H and O–H groups in total. The zero-order chi connectivity index (χ0) is 16.7. The summed E-state index contributed by atoms with van der Waals surface area (Å²) in [4.78, 5) is 15.0. The molecule has 0 unspecified atom stereocenters. The van der Waals surface area contributed by atoms with Gasteiger partial charge in [0.05, 0.1) is 17.7 Å². The number of fused-ring (bicyclic) bond motifs is 2. The average Bonchev–Trinajstić information content (AvgIpc) is 3.08. The van der Waals surface area contributed by atoms with E-state index in [0.717, 1.165) is 50.9 Å². The molecule has 2 aliphatic heterocycles. The van der Waals surface area contributed by atoms with Crippen molar-refractivity contribution in [3.8, 4) is 0 Å². The van der Waals surface area contributed by atoms with Gasteiger partial charge in [-0.1, -0.05) is 6.42 Å². The maximum atomic E-state index is 13.2. The lowest BCUT2D eigenvalue weighted by Crippen LogP contribution is -2.53. The minimum Gasteiger partial charge on any atom is -0.393 e. The lowest BCUT2D eigenvalue weighted by Gasteiger charge is -2.42. The second-order valence-corrected chi connectivity index (χ2v) is 7.36. The number of methoxy groups -OCH3 is 1. The van der Waals surface area contributed by atoms with Crippen LogP contribution in [0.4, 0.5) is 0 Å². The summed E-state index contributed by atoms with van der Waals surface area (Å²) in [6.07, 6.45) is 6.83. The third kappa shape index (κ3) is 2.45.